The zero-order valence-corrected chi connectivity index (χ0v) is 18.4. The lowest BCUT2D eigenvalue weighted by Crippen LogP contribution is -2.14. The van der Waals surface area contributed by atoms with Crippen molar-refractivity contribution in [2.24, 2.45) is 0 Å². The molecule has 4 aromatic rings. The van der Waals surface area contributed by atoms with Gasteiger partial charge in [0.05, 0.1) is 0 Å². The van der Waals surface area contributed by atoms with E-state index in [1.165, 1.54) is 0 Å². The molecule has 4 rings (SSSR count). The third-order valence-electron chi connectivity index (χ3n) is 5.13. The minimum atomic E-state index is -0.390. The zero-order valence-electron chi connectivity index (χ0n) is 17.6. The molecule has 0 aliphatic carbocycles. The lowest BCUT2D eigenvalue weighted by Gasteiger charge is -2.09. The van der Waals surface area contributed by atoms with Crippen LogP contribution in [0.15, 0.2) is 83.3 Å². The topological polar surface area (TPSA) is 71.3 Å². The van der Waals surface area contributed by atoms with Gasteiger partial charge in [-0.15, -0.1) is 0 Å². The number of hydrogen-bond donors (Lipinski definition) is 2. The third kappa shape index (κ3) is 4.58. The van der Waals surface area contributed by atoms with Gasteiger partial charge in [0.25, 0.3) is 11.8 Å². The van der Waals surface area contributed by atoms with Crippen molar-refractivity contribution in [2.45, 2.75) is 13.8 Å². The summed E-state index contributed by atoms with van der Waals surface area (Å²) in [5.74, 6) is 0.139. The van der Waals surface area contributed by atoms with Crippen LogP contribution >= 0.6 is 11.6 Å². The summed E-state index contributed by atoms with van der Waals surface area (Å²) in [7, 11) is 0. The predicted molar refractivity (Wildman–Crippen MR) is 127 cm³/mol. The van der Waals surface area contributed by atoms with E-state index >= 15 is 0 Å². The number of furan rings is 1. The lowest BCUT2D eigenvalue weighted by atomic mass is 10.1. The van der Waals surface area contributed by atoms with Gasteiger partial charge in [-0.2, -0.15) is 0 Å². The molecule has 0 spiro atoms. The molecule has 1 aromatic heterocycles. The molecule has 32 heavy (non-hydrogen) atoms. The Kier molecular flexibility index (Phi) is 6.10. The van der Waals surface area contributed by atoms with Gasteiger partial charge < -0.3 is 15.1 Å². The van der Waals surface area contributed by atoms with Crippen molar-refractivity contribution < 1.29 is 14.0 Å². The van der Waals surface area contributed by atoms with E-state index in [0.29, 0.717) is 27.7 Å². The highest BCUT2D eigenvalue weighted by Crippen LogP contribution is 2.30. The molecule has 6 heteroatoms. The minimum Gasteiger partial charge on any atom is -0.451 e. The van der Waals surface area contributed by atoms with E-state index in [4.69, 9.17) is 16.0 Å². The molecule has 5 nitrogen and oxygen atoms in total. The van der Waals surface area contributed by atoms with E-state index in [1.54, 1.807) is 42.5 Å². The Hall–Kier alpha value is -3.83. The number of aryl methyl sites for hydroxylation is 1. The summed E-state index contributed by atoms with van der Waals surface area (Å²) in [6.45, 7) is 3.78. The zero-order chi connectivity index (χ0) is 22.7. The van der Waals surface area contributed by atoms with Crippen LogP contribution in [0.5, 0.6) is 0 Å². The number of carbonyl (C=O) groups excluding carboxylic acids is 2. The Morgan fingerprint density at radius 3 is 2.22 bits per heavy atom. The normalized spacial score (nSPS) is 10.6. The molecule has 0 bridgehead atoms. The average molecular weight is 445 g/mol. The predicted octanol–water partition coefficient (Wildman–Crippen LogP) is 6.72. The van der Waals surface area contributed by atoms with Gasteiger partial charge in [0, 0.05) is 27.5 Å². The number of hydrogen-bond acceptors (Lipinski definition) is 3. The molecule has 0 radical (unpaired) electrons. The van der Waals surface area contributed by atoms with Gasteiger partial charge in [-0.05, 0) is 67.4 Å². The van der Waals surface area contributed by atoms with Crippen molar-refractivity contribution in [1.82, 2.24) is 0 Å². The standard InChI is InChI=1S/C26H21ClN2O3/c1-16-7-3-4-10-20(16)25(30)28-18-8-5-9-19(15-18)29-26(31)24-14-13-23(32-24)21-11-6-12-22(27)17(21)2/h3-15H,1-2H3,(H,28,30)(H,29,31). The van der Waals surface area contributed by atoms with Crippen LogP contribution in [-0.2, 0) is 0 Å². The van der Waals surface area contributed by atoms with Gasteiger partial charge in [0.15, 0.2) is 5.76 Å². The van der Waals surface area contributed by atoms with E-state index in [1.807, 2.05) is 50.2 Å². The molecule has 160 valence electrons. The maximum atomic E-state index is 12.7. The van der Waals surface area contributed by atoms with Crippen molar-refractivity contribution in [3.05, 3.63) is 106 Å². The van der Waals surface area contributed by atoms with Crippen LogP contribution in [0.25, 0.3) is 11.3 Å². The Bertz CT molecular complexity index is 1310. The number of rotatable bonds is 5. The monoisotopic (exact) mass is 444 g/mol. The fourth-order valence-electron chi connectivity index (χ4n) is 3.37. The fourth-order valence-corrected chi connectivity index (χ4v) is 3.55. The Morgan fingerprint density at radius 1 is 0.781 bits per heavy atom. The minimum absolute atomic E-state index is 0.175. The summed E-state index contributed by atoms with van der Waals surface area (Å²) in [6, 6.07) is 23.2. The molecule has 3 aromatic carbocycles. The molecule has 2 N–H and O–H groups in total. The number of halogens is 1. The van der Waals surface area contributed by atoms with Gasteiger partial charge in [0.1, 0.15) is 5.76 Å². The first-order chi connectivity index (χ1) is 15.4. The molecule has 0 aliphatic rings. The van der Waals surface area contributed by atoms with Gasteiger partial charge in [-0.1, -0.05) is 48.0 Å². The molecule has 2 amide bonds. The van der Waals surface area contributed by atoms with Gasteiger partial charge >= 0.3 is 0 Å². The van der Waals surface area contributed by atoms with Crippen LogP contribution in [0.4, 0.5) is 11.4 Å². The molecule has 0 fully saturated rings. The van der Waals surface area contributed by atoms with Gasteiger partial charge in [0.2, 0.25) is 0 Å². The first-order valence-corrected chi connectivity index (χ1v) is 10.4. The molecular formula is C26H21ClN2O3. The van der Waals surface area contributed by atoms with Gasteiger partial charge in [-0.25, -0.2) is 0 Å². The van der Waals surface area contributed by atoms with E-state index in [2.05, 4.69) is 10.6 Å². The summed E-state index contributed by atoms with van der Waals surface area (Å²) < 4.78 is 5.76. The van der Waals surface area contributed by atoms with Crippen molar-refractivity contribution in [3.63, 3.8) is 0 Å². The highest BCUT2D eigenvalue weighted by Gasteiger charge is 2.15. The third-order valence-corrected chi connectivity index (χ3v) is 5.54. The lowest BCUT2D eigenvalue weighted by molar-refractivity contribution is 0.0995. The number of amides is 2. The molecule has 0 saturated heterocycles. The van der Waals surface area contributed by atoms with Crippen LogP contribution in [0, 0.1) is 13.8 Å². The van der Waals surface area contributed by atoms with Gasteiger partial charge in [-0.3, -0.25) is 9.59 Å². The quantitative estimate of drug-likeness (QED) is 0.359. The molecule has 0 saturated carbocycles. The van der Waals surface area contributed by atoms with E-state index in [9.17, 15) is 9.59 Å². The summed E-state index contributed by atoms with van der Waals surface area (Å²) in [6.07, 6.45) is 0. The SMILES string of the molecule is Cc1ccccc1C(=O)Nc1cccc(NC(=O)c2ccc(-c3cccc(Cl)c3C)o2)c1. The maximum absolute atomic E-state index is 12.7. The second-order valence-electron chi connectivity index (χ2n) is 7.38. The Labute approximate surface area is 191 Å². The van der Waals surface area contributed by atoms with Crippen molar-refractivity contribution in [3.8, 4) is 11.3 Å². The Morgan fingerprint density at radius 2 is 1.47 bits per heavy atom. The summed E-state index contributed by atoms with van der Waals surface area (Å²) in [4.78, 5) is 25.2. The average Bonchev–Trinajstić information content (AvgIpc) is 3.26. The van der Waals surface area contributed by atoms with Crippen molar-refractivity contribution in [1.29, 1.82) is 0 Å². The number of benzene rings is 3. The van der Waals surface area contributed by atoms with Crippen LogP contribution in [0.3, 0.4) is 0 Å². The highest BCUT2D eigenvalue weighted by molar-refractivity contribution is 6.31. The fraction of sp³-hybridized carbons (Fsp3) is 0.0769. The molecule has 1 heterocycles. The van der Waals surface area contributed by atoms with Crippen molar-refractivity contribution in [2.75, 3.05) is 10.6 Å². The smallest absolute Gasteiger partial charge is 0.291 e. The van der Waals surface area contributed by atoms with Crippen LogP contribution < -0.4 is 10.6 Å². The highest BCUT2D eigenvalue weighted by atomic mass is 35.5. The molecular weight excluding hydrogens is 424 g/mol. The van der Waals surface area contributed by atoms with E-state index < -0.39 is 5.91 Å². The van der Waals surface area contributed by atoms with Crippen molar-refractivity contribution >= 4 is 34.8 Å². The Balaban J connectivity index is 1.48. The van der Waals surface area contributed by atoms with E-state index in [0.717, 1.165) is 16.7 Å². The summed E-state index contributed by atoms with van der Waals surface area (Å²) in [5.41, 5.74) is 4.31. The first kappa shape index (κ1) is 21.4. The second-order valence-corrected chi connectivity index (χ2v) is 7.79. The maximum Gasteiger partial charge on any atom is 0.291 e. The van der Waals surface area contributed by atoms with Crippen LogP contribution in [0.1, 0.15) is 32.0 Å². The van der Waals surface area contributed by atoms with Crippen LogP contribution in [-0.4, -0.2) is 11.8 Å². The first-order valence-electron chi connectivity index (χ1n) is 10.1. The second kappa shape index (κ2) is 9.12. The number of nitrogens with one attached hydrogen (secondary N) is 2. The molecule has 0 aliphatic heterocycles. The summed E-state index contributed by atoms with van der Waals surface area (Å²) >= 11 is 6.19. The molecule has 0 unspecified atom stereocenters. The van der Waals surface area contributed by atoms with Crippen LogP contribution in [0.2, 0.25) is 5.02 Å². The number of carbonyl (C=O) groups is 2. The van der Waals surface area contributed by atoms with E-state index in [-0.39, 0.29) is 11.7 Å². The summed E-state index contributed by atoms with van der Waals surface area (Å²) in [5, 5.41) is 6.30. The largest absolute Gasteiger partial charge is 0.451 e. The number of anilines is 2. The molecule has 0 atom stereocenters.